The Morgan fingerprint density at radius 2 is 2.31 bits per heavy atom. The fourth-order valence-electron chi connectivity index (χ4n) is 1.95. The van der Waals surface area contributed by atoms with Crippen molar-refractivity contribution in [2.24, 2.45) is 0 Å². The summed E-state index contributed by atoms with van der Waals surface area (Å²) < 4.78 is 5.52. The molecular weight excluding hydrogens is 208 g/mol. The number of oxazole rings is 1. The fraction of sp³-hybridized carbons (Fsp3) is 0.364. The van der Waals surface area contributed by atoms with Crippen molar-refractivity contribution < 1.29 is 14.6 Å². The van der Waals surface area contributed by atoms with Crippen LogP contribution in [0.5, 0.6) is 5.75 Å². The number of hydrogen-bond donors (Lipinski definition) is 2. The summed E-state index contributed by atoms with van der Waals surface area (Å²) in [6.07, 6.45) is 0.438. The zero-order chi connectivity index (χ0) is 11.1. The Labute approximate surface area is 91.9 Å². The van der Waals surface area contributed by atoms with Crippen LogP contribution < -0.4 is 4.90 Å². The standard InChI is InChI=1S/C11H12N2O3/c14-7-1-2-9-10(5-7)16-11(12-9)13-4-3-8(15)6-13/h1-2,5,8,14-15H,3-4,6H2/t8-/m0/s1. The minimum absolute atomic E-state index is 0.164. The lowest BCUT2D eigenvalue weighted by atomic mass is 10.3. The maximum absolute atomic E-state index is 9.43. The summed E-state index contributed by atoms with van der Waals surface area (Å²) >= 11 is 0. The van der Waals surface area contributed by atoms with Crippen LogP contribution in [0, 0.1) is 0 Å². The van der Waals surface area contributed by atoms with Gasteiger partial charge in [0.2, 0.25) is 0 Å². The van der Waals surface area contributed by atoms with E-state index >= 15 is 0 Å². The van der Waals surface area contributed by atoms with Gasteiger partial charge in [0.05, 0.1) is 6.10 Å². The number of aliphatic hydroxyl groups excluding tert-OH is 1. The number of aromatic nitrogens is 1. The third-order valence-electron chi connectivity index (χ3n) is 2.79. The van der Waals surface area contributed by atoms with Crippen molar-refractivity contribution in [1.29, 1.82) is 0 Å². The lowest BCUT2D eigenvalue weighted by Gasteiger charge is -2.10. The maximum atomic E-state index is 9.43. The second kappa shape index (κ2) is 3.38. The van der Waals surface area contributed by atoms with Crippen molar-refractivity contribution >= 4 is 17.1 Å². The van der Waals surface area contributed by atoms with E-state index in [1.54, 1.807) is 18.2 Å². The van der Waals surface area contributed by atoms with Gasteiger partial charge in [-0.2, -0.15) is 4.98 Å². The molecule has 2 heterocycles. The molecule has 0 spiro atoms. The van der Waals surface area contributed by atoms with Gasteiger partial charge in [-0.1, -0.05) is 0 Å². The Morgan fingerprint density at radius 1 is 1.44 bits per heavy atom. The van der Waals surface area contributed by atoms with Crippen LogP contribution in [-0.4, -0.2) is 34.4 Å². The number of nitrogens with zero attached hydrogens (tertiary/aromatic N) is 2. The van der Waals surface area contributed by atoms with Gasteiger partial charge >= 0.3 is 0 Å². The van der Waals surface area contributed by atoms with E-state index in [0.717, 1.165) is 13.0 Å². The van der Waals surface area contributed by atoms with Crippen LogP contribution in [0.2, 0.25) is 0 Å². The highest BCUT2D eigenvalue weighted by atomic mass is 16.4. The van der Waals surface area contributed by atoms with Crippen LogP contribution in [0.15, 0.2) is 22.6 Å². The number of aromatic hydroxyl groups is 1. The number of phenols is 1. The van der Waals surface area contributed by atoms with Crippen molar-refractivity contribution in [3.63, 3.8) is 0 Å². The number of hydrogen-bond acceptors (Lipinski definition) is 5. The van der Waals surface area contributed by atoms with E-state index in [-0.39, 0.29) is 11.9 Å². The smallest absolute Gasteiger partial charge is 0.298 e. The Balaban J connectivity index is 1.99. The van der Waals surface area contributed by atoms with Gasteiger partial charge in [0, 0.05) is 19.2 Å². The summed E-state index contributed by atoms with van der Waals surface area (Å²) in [5.41, 5.74) is 1.28. The summed E-state index contributed by atoms with van der Waals surface area (Å²) in [5.74, 6) is 0.164. The van der Waals surface area contributed by atoms with E-state index in [4.69, 9.17) is 4.42 Å². The van der Waals surface area contributed by atoms with Gasteiger partial charge in [0.15, 0.2) is 5.58 Å². The number of phenolic OH excluding ortho intramolecular Hbond substituents is 1. The molecule has 5 nitrogen and oxygen atoms in total. The zero-order valence-electron chi connectivity index (χ0n) is 8.63. The van der Waals surface area contributed by atoms with Gasteiger partial charge in [-0.15, -0.1) is 0 Å². The highest BCUT2D eigenvalue weighted by molar-refractivity contribution is 5.76. The summed E-state index contributed by atoms with van der Waals surface area (Å²) in [6, 6.07) is 5.34. The van der Waals surface area contributed by atoms with Gasteiger partial charge in [0.1, 0.15) is 11.3 Å². The van der Waals surface area contributed by atoms with E-state index in [2.05, 4.69) is 4.98 Å². The number of anilines is 1. The molecule has 0 aliphatic carbocycles. The maximum Gasteiger partial charge on any atom is 0.298 e. The van der Waals surface area contributed by atoms with E-state index in [9.17, 15) is 10.2 Å². The van der Waals surface area contributed by atoms with Gasteiger partial charge in [-0.3, -0.25) is 0 Å². The minimum Gasteiger partial charge on any atom is -0.508 e. The van der Waals surface area contributed by atoms with Crippen molar-refractivity contribution in [3.8, 4) is 5.75 Å². The van der Waals surface area contributed by atoms with Crippen LogP contribution in [0.1, 0.15) is 6.42 Å². The highest BCUT2D eigenvalue weighted by Crippen LogP contribution is 2.26. The molecule has 16 heavy (non-hydrogen) atoms. The molecule has 0 unspecified atom stereocenters. The van der Waals surface area contributed by atoms with Crippen LogP contribution >= 0.6 is 0 Å². The third kappa shape index (κ3) is 1.49. The van der Waals surface area contributed by atoms with Crippen molar-refractivity contribution in [2.45, 2.75) is 12.5 Å². The van der Waals surface area contributed by atoms with Crippen LogP contribution in [0.3, 0.4) is 0 Å². The number of aliphatic hydroxyl groups is 1. The lowest BCUT2D eigenvalue weighted by molar-refractivity contribution is 0.198. The van der Waals surface area contributed by atoms with E-state index < -0.39 is 0 Å². The topological polar surface area (TPSA) is 69.7 Å². The molecule has 1 aliphatic heterocycles. The Morgan fingerprint density at radius 3 is 3.06 bits per heavy atom. The van der Waals surface area contributed by atoms with Crippen LogP contribution in [-0.2, 0) is 0 Å². The van der Waals surface area contributed by atoms with Gasteiger partial charge in [-0.05, 0) is 18.6 Å². The fourth-order valence-corrected chi connectivity index (χ4v) is 1.95. The summed E-state index contributed by atoms with van der Waals surface area (Å²) in [7, 11) is 0. The molecule has 2 N–H and O–H groups in total. The molecular formula is C11H12N2O3. The lowest BCUT2D eigenvalue weighted by Crippen LogP contribution is -2.21. The molecule has 1 aromatic carbocycles. The van der Waals surface area contributed by atoms with E-state index in [1.807, 2.05) is 4.90 Å². The molecule has 0 bridgehead atoms. The Kier molecular flexibility index (Phi) is 2.00. The average Bonchev–Trinajstić information content (AvgIpc) is 2.83. The molecule has 0 saturated carbocycles. The number of fused-ring (bicyclic) bond motifs is 1. The van der Waals surface area contributed by atoms with Gasteiger partial charge in [0.25, 0.3) is 6.01 Å². The first-order valence-electron chi connectivity index (χ1n) is 5.25. The molecule has 2 aromatic rings. The van der Waals surface area contributed by atoms with Gasteiger partial charge < -0.3 is 19.5 Å². The number of rotatable bonds is 1. The molecule has 0 amide bonds. The average molecular weight is 220 g/mol. The molecule has 84 valence electrons. The molecule has 1 atom stereocenters. The molecule has 1 aromatic heterocycles. The second-order valence-electron chi connectivity index (χ2n) is 4.04. The highest BCUT2D eigenvalue weighted by Gasteiger charge is 2.24. The molecule has 1 fully saturated rings. The van der Waals surface area contributed by atoms with Crippen LogP contribution in [0.4, 0.5) is 6.01 Å². The number of β-amino-alcohol motifs (C(OH)–C–C–N with tert-alkyl or cyclic N) is 1. The van der Waals surface area contributed by atoms with Crippen LogP contribution in [0.25, 0.3) is 11.1 Å². The molecule has 0 radical (unpaired) electrons. The van der Waals surface area contributed by atoms with E-state index in [0.29, 0.717) is 23.7 Å². The minimum atomic E-state index is -0.302. The molecule has 1 saturated heterocycles. The predicted molar refractivity (Wildman–Crippen MR) is 58.5 cm³/mol. The first kappa shape index (κ1) is 9.47. The van der Waals surface area contributed by atoms with Crippen molar-refractivity contribution in [1.82, 2.24) is 4.98 Å². The predicted octanol–water partition coefficient (Wildman–Crippen LogP) is 1.10. The van der Waals surface area contributed by atoms with E-state index in [1.165, 1.54) is 0 Å². The molecule has 1 aliphatic rings. The van der Waals surface area contributed by atoms with Crippen molar-refractivity contribution in [2.75, 3.05) is 18.0 Å². The first-order valence-corrected chi connectivity index (χ1v) is 5.25. The Hall–Kier alpha value is -1.75. The normalized spacial score (nSPS) is 20.8. The number of benzene rings is 1. The first-order chi connectivity index (χ1) is 7.72. The second-order valence-corrected chi connectivity index (χ2v) is 4.04. The largest absolute Gasteiger partial charge is 0.508 e. The zero-order valence-corrected chi connectivity index (χ0v) is 8.63. The van der Waals surface area contributed by atoms with Crippen molar-refractivity contribution in [3.05, 3.63) is 18.2 Å². The third-order valence-corrected chi connectivity index (χ3v) is 2.79. The SMILES string of the molecule is Oc1ccc2nc(N3CC[C@H](O)C3)oc2c1. The summed E-state index contributed by atoms with van der Waals surface area (Å²) in [5, 5.41) is 18.7. The Bertz CT molecular complexity index is 523. The van der Waals surface area contributed by atoms with Gasteiger partial charge in [-0.25, -0.2) is 0 Å². The summed E-state index contributed by atoms with van der Waals surface area (Å²) in [4.78, 5) is 6.21. The quantitative estimate of drug-likeness (QED) is 0.753. The monoisotopic (exact) mass is 220 g/mol. The molecule has 3 rings (SSSR count). The molecule has 5 heteroatoms. The summed E-state index contributed by atoms with van der Waals surface area (Å²) in [6.45, 7) is 1.30.